The number of carbonyl (C=O) groups is 2. The molecule has 0 saturated heterocycles. The number of amides is 1. The molecule has 2 N–H and O–H groups in total. The topological polar surface area (TPSA) is 79.3 Å². The Labute approximate surface area is 110 Å². The van der Waals surface area contributed by atoms with Crippen LogP contribution in [0.3, 0.4) is 0 Å². The monoisotopic (exact) mass is 268 g/mol. The minimum absolute atomic E-state index is 0.0615. The predicted octanol–water partition coefficient (Wildman–Crippen LogP) is 2.25. The number of nitrogens with zero attached hydrogens (tertiary/aromatic N) is 1. The molecule has 0 saturated carbocycles. The van der Waals surface area contributed by atoms with E-state index in [9.17, 15) is 9.59 Å². The Hall–Kier alpha value is -1.56. The molecule has 0 radical (unpaired) electrons. The number of thioether (sulfide) groups is 1. The molecule has 1 aromatic heterocycles. The molecule has 0 spiro atoms. The van der Waals surface area contributed by atoms with E-state index >= 15 is 0 Å². The third-order valence-corrected chi connectivity index (χ3v) is 3.19. The molecule has 0 aliphatic carbocycles. The zero-order chi connectivity index (χ0) is 13.4. The van der Waals surface area contributed by atoms with Crippen molar-refractivity contribution in [3.63, 3.8) is 0 Å². The first-order chi connectivity index (χ1) is 8.63. The molecule has 6 heteroatoms. The summed E-state index contributed by atoms with van der Waals surface area (Å²) in [6, 6.07) is 1.39. The largest absolute Gasteiger partial charge is 0.478 e. The number of unbranched alkanes of at least 4 members (excludes halogenated alkanes) is 1. The number of aromatic carboxylic acids is 1. The maximum atomic E-state index is 11.5. The van der Waals surface area contributed by atoms with Gasteiger partial charge in [-0.2, -0.15) is 11.8 Å². The fourth-order valence-electron chi connectivity index (χ4n) is 1.23. The van der Waals surface area contributed by atoms with Crippen molar-refractivity contribution in [2.24, 2.45) is 0 Å². The Bertz CT molecular complexity index is 424. The summed E-state index contributed by atoms with van der Waals surface area (Å²) in [5.74, 6) is 0.130. The molecule has 0 fully saturated rings. The zero-order valence-corrected chi connectivity index (χ0v) is 11.0. The number of carbonyl (C=O) groups excluding carboxylic acids is 1. The second-order valence-corrected chi connectivity index (χ2v) is 4.83. The molecule has 1 rings (SSSR count). The molecule has 1 heterocycles. The minimum Gasteiger partial charge on any atom is -0.478 e. The Morgan fingerprint density at radius 2 is 2.22 bits per heavy atom. The van der Waals surface area contributed by atoms with Gasteiger partial charge in [-0.25, -0.2) is 4.79 Å². The smallest absolute Gasteiger partial charge is 0.337 e. The van der Waals surface area contributed by atoms with Crippen LogP contribution in [-0.4, -0.2) is 33.5 Å². The van der Waals surface area contributed by atoms with Crippen LogP contribution in [0.4, 0.5) is 5.69 Å². The molecule has 5 nitrogen and oxygen atoms in total. The highest BCUT2D eigenvalue weighted by Gasteiger charge is 2.06. The number of pyridine rings is 1. The Morgan fingerprint density at radius 3 is 2.89 bits per heavy atom. The van der Waals surface area contributed by atoms with Crippen molar-refractivity contribution in [1.29, 1.82) is 0 Å². The summed E-state index contributed by atoms with van der Waals surface area (Å²) < 4.78 is 0. The van der Waals surface area contributed by atoms with E-state index in [2.05, 4.69) is 17.2 Å². The van der Waals surface area contributed by atoms with Crippen LogP contribution in [0.25, 0.3) is 0 Å². The third-order valence-electron chi connectivity index (χ3n) is 2.14. The number of carboxylic acids is 1. The summed E-state index contributed by atoms with van der Waals surface area (Å²) >= 11 is 1.57. The highest BCUT2D eigenvalue weighted by molar-refractivity contribution is 7.99. The van der Waals surface area contributed by atoms with Crippen LogP contribution >= 0.6 is 11.8 Å². The van der Waals surface area contributed by atoms with Gasteiger partial charge in [-0.1, -0.05) is 13.3 Å². The highest BCUT2D eigenvalue weighted by atomic mass is 32.2. The van der Waals surface area contributed by atoms with Gasteiger partial charge in [-0.3, -0.25) is 9.78 Å². The second-order valence-electron chi connectivity index (χ2n) is 3.72. The molecular formula is C12H16N2O3S. The van der Waals surface area contributed by atoms with Crippen LogP contribution in [0.2, 0.25) is 0 Å². The number of carboxylic acid groups (broad SMARTS) is 1. The average molecular weight is 268 g/mol. The summed E-state index contributed by atoms with van der Waals surface area (Å²) in [7, 11) is 0. The van der Waals surface area contributed by atoms with Crippen molar-refractivity contribution in [2.45, 2.75) is 19.8 Å². The fourth-order valence-corrected chi connectivity index (χ4v) is 2.13. The molecule has 0 unspecified atom stereocenters. The van der Waals surface area contributed by atoms with Gasteiger partial charge in [0.25, 0.3) is 0 Å². The zero-order valence-electron chi connectivity index (χ0n) is 10.2. The summed E-state index contributed by atoms with van der Waals surface area (Å²) in [6.45, 7) is 2.10. The van der Waals surface area contributed by atoms with E-state index in [1.165, 1.54) is 18.5 Å². The van der Waals surface area contributed by atoms with Crippen LogP contribution in [0.5, 0.6) is 0 Å². The number of anilines is 1. The van der Waals surface area contributed by atoms with Gasteiger partial charge in [0.1, 0.15) is 0 Å². The first-order valence-electron chi connectivity index (χ1n) is 5.69. The molecule has 0 aliphatic heterocycles. The van der Waals surface area contributed by atoms with Crippen molar-refractivity contribution in [1.82, 2.24) is 4.98 Å². The first kappa shape index (κ1) is 14.5. The second kappa shape index (κ2) is 7.71. The van der Waals surface area contributed by atoms with Gasteiger partial charge in [0.2, 0.25) is 5.91 Å². The lowest BCUT2D eigenvalue weighted by Crippen LogP contribution is -2.15. The maximum absolute atomic E-state index is 11.5. The van der Waals surface area contributed by atoms with Gasteiger partial charge in [-0.05, 0) is 18.2 Å². The SMILES string of the molecule is CCCCSCC(=O)Nc1cncc(C(=O)O)c1. The molecule has 0 bridgehead atoms. The Kier molecular flexibility index (Phi) is 6.21. The predicted molar refractivity (Wildman–Crippen MR) is 72.1 cm³/mol. The highest BCUT2D eigenvalue weighted by Crippen LogP contribution is 2.10. The van der Waals surface area contributed by atoms with E-state index in [-0.39, 0.29) is 11.5 Å². The van der Waals surface area contributed by atoms with Gasteiger partial charge in [-0.15, -0.1) is 0 Å². The summed E-state index contributed by atoms with van der Waals surface area (Å²) in [4.78, 5) is 26.0. The number of rotatable bonds is 7. The van der Waals surface area contributed by atoms with Gasteiger partial charge in [0.15, 0.2) is 0 Å². The van der Waals surface area contributed by atoms with E-state index in [1.807, 2.05) is 0 Å². The number of nitrogens with one attached hydrogen (secondary N) is 1. The quantitative estimate of drug-likeness (QED) is 0.741. The van der Waals surface area contributed by atoms with Crippen molar-refractivity contribution < 1.29 is 14.7 Å². The van der Waals surface area contributed by atoms with Crippen LogP contribution in [0.1, 0.15) is 30.1 Å². The summed E-state index contributed by atoms with van der Waals surface area (Å²) in [5.41, 5.74) is 0.474. The van der Waals surface area contributed by atoms with Gasteiger partial charge < -0.3 is 10.4 Å². The van der Waals surface area contributed by atoms with E-state index in [0.717, 1.165) is 18.6 Å². The minimum atomic E-state index is -1.06. The standard InChI is InChI=1S/C12H16N2O3S/c1-2-3-4-18-8-11(15)14-10-5-9(12(16)17)6-13-7-10/h5-7H,2-4,8H2,1H3,(H,14,15)(H,16,17). The Balaban J connectivity index is 2.44. The van der Waals surface area contributed by atoms with Crippen LogP contribution in [-0.2, 0) is 4.79 Å². The molecule has 1 aromatic rings. The Morgan fingerprint density at radius 1 is 1.44 bits per heavy atom. The lowest BCUT2D eigenvalue weighted by molar-refractivity contribution is -0.113. The molecule has 0 aromatic carbocycles. The molecular weight excluding hydrogens is 252 g/mol. The van der Waals surface area contributed by atoms with E-state index in [0.29, 0.717) is 11.4 Å². The molecule has 18 heavy (non-hydrogen) atoms. The molecule has 0 aliphatic rings. The van der Waals surface area contributed by atoms with Crippen LogP contribution < -0.4 is 5.32 Å². The van der Waals surface area contributed by atoms with E-state index in [1.54, 1.807) is 11.8 Å². The molecule has 98 valence electrons. The number of hydrogen-bond donors (Lipinski definition) is 2. The number of aromatic nitrogens is 1. The third kappa shape index (κ3) is 5.18. The molecule has 0 atom stereocenters. The van der Waals surface area contributed by atoms with Gasteiger partial charge >= 0.3 is 5.97 Å². The fraction of sp³-hybridized carbons (Fsp3) is 0.417. The van der Waals surface area contributed by atoms with Gasteiger partial charge in [0.05, 0.1) is 23.2 Å². The van der Waals surface area contributed by atoms with Crippen LogP contribution in [0, 0.1) is 0 Å². The first-order valence-corrected chi connectivity index (χ1v) is 6.85. The normalized spacial score (nSPS) is 10.1. The van der Waals surface area contributed by atoms with Crippen LogP contribution in [0.15, 0.2) is 18.5 Å². The molecule has 1 amide bonds. The van der Waals surface area contributed by atoms with Gasteiger partial charge in [0, 0.05) is 6.20 Å². The lowest BCUT2D eigenvalue weighted by atomic mass is 10.2. The summed E-state index contributed by atoms with van der Waals surface area (Å²) in [6.07, 6.45) is 4.88. The van der Waals surface area contributed by atoms with Crippen molar-refractivity contribution in [2.75, 3.05) is 16.8 Å². The van der Waals surface area contributed by atoms with Crippen molar-refractivity contribution >= 4 is 29.3 Å². The van der Waals surface area contributed by atoms with Crippen molar-refractivity contribution in [3.8, 4) is 0 Å². The summed E-state index contributed by atoms with van der Waals surface area (Å²) in [5, 5.41) is 11.4. The van der Waals surface area contributed by atoms with E-state index < -0.39 is 5.97 Å². The lowest BCUT2D eigenvalue weighted by Gasteiger charge is -2.05. The van der Waals surface area contributed by atoms with Crippen molar-refractivity contribution in [3.05, 3.63) is 24.0 Å². The maximum Gasteiger partial charge on any atom is 0.337 e. The van der Waals surface area contributed by atoms with E-state index in [4.69, 9.17) is 5.11 Å². The average Bonchev–Trinajstić information content (AvgIpc) is 2.35. The number of hydrogen-bond acceptors (Lipinski definition) is 4.